The number of allylic oxidation sites excluding steroid dienone is 2. The highest BCUT2D eigenvalue weighted by Crippen LogP contribution is 2.45. The van der Waals surface area contributed by atoms with Crippen LogP contribution in [0.15, 0.2) is 24.3 Å². The molecule has 0 aromatic carbocycles. The highest BCUT2D eigenvalue weighted by atomic mass is 31.2. The molecule has 2 aliphatic rings. The van der Waals surface area contributed by atoms with Gasteiger partial charge in [-0.15, -0.1) is 0 Å². The Labute approximate surface area is 198 Å². The number of rotatable bonds is 9. The first-order valence-corrected chi connectivity index (χ1v) is 16.5. The molecule has 0 heterocycles. The van der Waals surface area contributed by atoms with E-state index in [1.807, 2.05) is 24.3 Å². The third-order valence-electron chi connectivity index (χ3n) is 5.14. The van der Waals surface area contributed by atoms with Crippen LogP contribution in [0.4, 0.5) is 0 Å². The van der Waals surface area contributed by atoms with Gasteiger partial charge in [0.05, 0.1) is 25.9 Å². The molecule has 0 spiro atoms. The topological polar surface area (TPSA) is 105 Å². The predicted molar refractivity (Wildman–Crippen MR) is 131 cm³/mol. The van der Waals surface area contributed by atoms with Crippen LogP contribution >= 0.6 is 14.3 Å². The zero-order valence-electron chi connectivity index (χ0n) is 21.1. The van der Waals surface area contributed by atoms with Crippen molar-refractivity contribution in [2.75, 3.05) is 40.4 Å². The summed E-state index contributed by atoms with van der Waals surface area (Å²) in [5.74, 6) is -2.08. The molecule has 190 valence electrons. The molecule has 0 fully saturated rings. The fourth-order valence-electron chi connectivity index (χ4n) is 3.43. The molecule has 33 heavy (non-hydrogen) atoms. The lowest BCUT2D eigenvalue weighted by Crippen LogP contribution is -2.30. The van der Waals surface area contributed by atoms with Gasteiger partial charge in [0.2, 0.25) is 11.7 Å². The predicted octanol–water partition coefficient (Wildman–Crippen LogP) is 4.57. The molecule has 2 aliphatic carbocycles. The van der Waals surface area contributed by atoms with E-state index in [1.165, 1.54) is 20.4 Å². The van der Waals surface area contributed by atoms with Crippen molar-refractivity contribution in [3.63, 3.8) is 0 Å². The zero-order chi connectivity index (χ0) is 25.4. The van der Waals surface area contributed by atoms with E-state index in [9.17, 15) is 18.7 Å². The van der Waals surface area contributed by atoms with Crippen molar-refractivity contribution in [2.45, 2.75) is 57.5 Å². The van der Waals surface area contributed by atoms with Crippen LogP contribution in [0.25, 0.3) is 0 Å². The Bertz CT molecular complexity index is 809. The Morgan fingerprint density at radius 3 is 1.48 bits per heavy atom. The minimum Gasteiger partial charge on any atom is -0.467 e. The monoisotopic (exact) mass is 506 g/mol. The van der Waals surface area contributed by atoms with Gasteiger partial charge < -0.3 is 28.1 Å². The summed E-state index contributed by atoms with van der Waals surface area (Å²) in [6.07, 6.45) is 9.31. The average Bonchev–Trinajstić information content (AvgIpc) is 3.30. The third-order valence-corrected chi connectivity index (χ3v) is 8.07. The van der Waals surface area contributed by atoms with E-state index in [0.717, 1.165) is 12.8 Å². The van der Waals surface area contributed by atoms with Crippen molar-refractivity contribution in [3.05, 3.63) is 24.3 Å². The maximum Gasteiger partial charge on any atom is 0.342 e. The number of carbonyl (C=O) groups is 2. The molecule has 0 aromatic heterocycles. The van der Waals surface area contributed by atoms with Crippen LogP contribution in [0.3, 0.4) is 0 Å². The van der Waals surface area contributed by atoms with E-state index >= 15 is 0 Å². The van der Waals surface area contributed by atoms with E-state index in [2.05, 4.69) is 18.6 Å². The molecule has 0 saturated carbocycles. The van der Waals surface area contributed by atoms with Crippen molar-refractivity contribution in [2.24, 2.45) is 11.8 Å². The molecule has 0 amide bonds. The highest BCUT2D eigenvalue weighted by molar-refractivity contribution is 7.64. The first-order valence-electron chi connectivity index (χ1n) is 11.2. The second-order valence-electron chi connectivity index (χ2n) is 9.39. The minimum absolute atomic E-state index is 0.132. The molecule has 0 N–H and O–H groups in total. The summed E-state index contributed by atoms with van der Waals surface area (Å²) < 4.78 is 44.7. The molecular weight excluding hydrogens is 466 g/mol. The summed E-state index contributed by atoms with van der Waals surface area (Å²) >= 11 is 0. The number of hydrogen-bond acceptors (Lipinski definition) is 8. The molecule has 0 aromatic rings. The van der Waals surface area contributed by atoms with E-state index < -0.39 is 37.9 Å². The van der Waals surface area contributed by atoms with Crippen LogP contribution in [0, 0.1) is 11.8 Å². The molecule has 2 unspecified atom stereocenters. The molecular formula is C23H40O8P2. The lowest BCUT2D eigenvalue weighted by Gasteiger charge is -2.23. The molecule has 2 rings (SSSR count). The van der Waals surface area contributed by atoms with Gasteiger partial charge in [-0.05, 0) is 58.3 Å². The summed E-state index contributed by atoms with van der Waals surface area (Å²) in [4.78, 5) is 23.2. The molecule has 6 atom stereocenters. The SMILES string of the molecule is CCOC(=O)C(O[C@@H]1C=C[C@H](C)C1)P(C)(C)=O.COC(=O)C(O[C@@H]1C=C[C@H](C)C1)P(C)(C)=O. The van der Waals surface area contributed by atoms with Crippen LogP contribution in [-0.2, 0) is 37.7 Å². The Morgan fingerprint density at radius 2 is 1.21 bits per heavy atom. The fourth-order valence-corrected chi connectivity index (χ4v) is 5.53. The van der Waals surface area contributed by atoms with Crippen LogP contribution < -0.4 is 0 Å². The van der Waals surface area contributed by atoms with Gasteiger partial charge in [0.25, 0.3) is 0 Å². The van der Waals surface area contributed by atoms with E-state index in [0.29, 0.717) is 11.8 Å². The summed E-state index contributed by atoms with van der Waals surface area (Å²) in [6, 6.07) is 0. The molecule has 0 bridgehead atoms. The van der Waals surface area contributed by atoms with E-state index in [-0.39, 0.29) is 18.8 Å². The molecule has 0 saturated heterocycles. The van der Waals surface area contributed by atoms with E-state index in [4.69, 9.17) is 14.2 Å². The third kappa shape index (κ3) is 10.3. The summed E-state index contributed by atoms with van der Waals surface area (Å²) in [5, 5.41) is 0. The Kier molecular flexibility index (Phi) is 11.8. The Morgan fingerprint density at radius 1 is 0.818 bits per heavy atom. The van der Waals surface area contributed by atoms with Crippen molar-refractivity contribution in [1.29, 1.82) is 0 Å². The number of hydrogen-bond donors (Lipinski definition) is 0. The summed E-state index contributed by atoms with van der Waals surface area (Å²) in [7, 11) is -4.04. The van der Waals surface area contributed by atoms with Gasteiger partial charge in [-0.1, -0.05) is 38.2 Å². The number of methoxy groups -OCH3 is 1. The van der Waals surface area contributed by atoms with Gasteiger partial charge in [-0.3, -0.25) is 0 Å². The van der Waals surface area contributed by atoms with Crippen LogP contribution in [-0.4, -0.2) is 76.2 Å². The summed E-state index contributed by atoms with van der Waals surface area (Å²) in [5.41, 5.74) is 0. The van der Waals surface area contributed by atoms with Crippen LogP contribution in [0.2, 0.25) is 0 Å². The van der Waals surface area contributed by atoms with Gasteiger partial charge in [0.1, 0.15) is 14.3 Å². The average molecular weight is 507 g/mol. The largest absolute Gasteiger partial charge is 0.467 e. The zero-order valence-corrected chi connectivity index (χ0v) is 22.8. The lowest BCUT2D eigenvalue weighted by molar-refractivity contribution is -0.153. The second-order valence-corrected chi connectivity index (χ2v) is 16.1. The number of ether oxygens (including phenoxy) is 4. The standard InChI is InChI=1S/C12H21O4P.C11H19O4P/c1-5-15-11(13)12(17(3,4)14)16-10-7-6-9(2)8-10;1-8-5-6-9(7-8)15-11(10(12)14-2)16(3,4)13/h6-7,9-10,12H,5,8H2,1-4H3;5-6,8-9,11H,7H2,1-4H3/t9-,10+,12?;8-,9+,11?/m00/s1. The normalized spacial score (nSPS) is 26.3. The maximum absolute atomic E-state index is 12.1. The number of carbonyl (C=O) groups excluding carboxylic acids is 2. The fraction of sp³-hybridized carbons (Fsp3) is 0.739. The summed E-state index contributed by atoms with van der Waals surface area (Å²) in [6.45, 7) is 12.3. The maximum atomic E-state index is 12.1. The smallest absolute Gasteiger partial charge is 0.342 e. The second kappa shape index (κ2) is 13.0. The Balaban J connectivity index is 0.000000331. The van der Waals surface area contributed by atoms with Gasteiger partial charge >= 0.3 is 11.9 Å². The number of esters is 2. The van der Waals surface area contributed by atoms with Crippen LogP contribution in [0.5, 0.6) is 0 Å². The van der Waals surface area contributed by atoms with Gasteiger partial charge in [-0.2, -0.15) is 0 Å². The quantitative estimate of drug-likeness (QED) is 0.254. The van der Waals surface area contributed by atoms with Crippen molar-refractivity contribution < 1.29 is 37.7 Å². The van der Waals surface area contributed by atoms with Gasteiger partial charge in [-0.25, -0.2) is 9.59 Å². The van der Waals surface area contributed by atoms with E-state index in [1.54, 1.807) is 20.3 Å². The Hall–Kier alpha value is -1.20. The van der Waals surface area contributed by atoms with Gasteiger partial charge in [0, 0.05) is 0 Å². The van der Waals surface area contributed by atoms with Crippen molar-refractivity contribution in [3.8, 4) is 0 Å². The highest BCUT2D eigenvalue weighted by Gasteiger charge is 2.36. The first-order chi connectivity index (χ1) is 15.2. The molecule has 0 aliphatic heterocycles. The molecule has 8 nitrogen and oxygen atoms in total. The van der Waals surface area contributed by atoms with Gasteiger partial charge in [0.15, 0.2) is 0 Å². The molecule has 0 radical (unpaired) electrons. The minimum atomic E-state index is -2.66. The van der Waals surface area contributed by atoms with Crippen molar-refractivity contribution >= 4 is 26.2 Å². The first kappa shape index (κ1) is 29.8. The lowest BCUT2D eigenvalue weighted by atomic mass is 10.1. The van der Waals surface area contributed by atoms with Crippen molar-refractivity contribution in [1.82, 2.24) is 0 Å². The van der Waals surface area contributed by atoms with Crippen LogP contribution in [0.1, 0.15) is 33.6 Å². The molecule has 10 heteroatoms.